The number of aromatic nitrogens is 6. The van der Waals surface area contributed by atoms with Gasteiger partial charge in [0.1, 0.15) is 0 Å². The van der Waals surface area contributed by atoms with Crippen LogP contribution in [0.15, 0.2) is 59.9 Å². The first-order valence-electron chi connectivity index (χ1n) is 8.97. The number of aromatic amines is 3. The average Bonchev–Trinajstić information content (AvgIpc) is 3.31. The van der Waals surface area contributed by atoms with E-state index in [4.69, 9.17) is 0 Å². The average molecular weight is 348 g/mol. The Hall–Kier alpha value is -3.22. The van der Waals surface area contributed by atoms with E-state index in [1.165, 1.54) is 0 Å². The molecule has 7 nitrogen and oxygen atoms in total. The van der Waals surface area contributed by atoms with Gasteiger partial charge in [-0.15, -0.1) is 4.80 Å². The highest BCUT2D eigenvalue weighted by Crippen LogP contribution is 2.34. The molecule has 5 rings (SSSR count). The first kappa shape index (κ1) is 15.1. The Bertz CT molecular complexity index is 1030. The summed E-state index contributed by atoms with van der Waals surface area (Å²) in [5.74, 6) is 1.26. The lowest BCUT2D eigenvalue weighted by Gasteiger charge is -2.17. The van der Waals surface area contributed by atoms with Gasteiger partial charge < -0.3 is 0 Å². The summed E-state index contributed by atoms with van der Waals surface area (Å²) in [4.78, 5) is 21.0. The van der Waals surface area contributed by atoms with E-state index < -0.39 is 0 Å². The van der Waals surface area contributed by atoms with Gasteiger partial charge in [-0.2, -0.15) is 4.80 Å². The molecule has 1 unspecified atom stereocenters. The van der Waals surface area contributed by atoms with Crippen LogP contribution in [-0.4, -0.2) is 36.0 Å². The van der Waals surface area contributed by atoms with E-state index in [2.05, 4.69) is 51.0 Å². The molecule has 0 amide bonds. The zero-order valence-electron chi connectivity index (χ0n) is 14.3. The monoisotopic (exact) mass is 348 g/mol. The van der Waals surface area contributed by atoms with E-state index in [1.807, 2.05) is 21.7 Å². The van der Waals surface area contributed by atoms with Crippen molar-refractivity contribution in [2.75, 3.05) is 0 Å². The van der Waals surface area contributed by atoms with Gasteiger partial charge in [0.15, 0.2) is 11.6 Å². The minimum atomic E-state index is 0.185. The molecule has 26 heavy (non-hydrogen) atoms. The van der Waals surface area contributed by atoms with Crippen molar-refractivity contribution in [2.24, 2.45) is 5.92 Å². The van der Waals surface area contributed by atoms with Crippen molar-refractivity contribution in [2.45, 2.75) is 25.7 Å². The number of pyridine rings is 1. The zero-order valence-corrected chi connectivity index (χ0v) is 14.3. The fourth-order valence-corrected chi connectivity index (χ4v) is 3.83. The number of nitrogens with one attached hydrogen (secondary N) is 3. The molecule has 2 aromatic rings. The number of H-pyrrole nitrogens is 3. The number of carbonyl (C=O) groups is 1. The quantitative estimate of drug-likeness (QED) is 0.683. The minimum absolute atomic E-state index is 0.185. The van der Waals surface area contributed by atoms with E-state index in [0.29, 0.717) is 6.42 Å². The zero-order chi connectivity index (χ0) is 17.5. The van der Waals surface area contributed by atoms with Gasteiger partial charge in [0.05, 0.1) is 5.70 Å². The maximum Gasteiger partial charge on any atom is 0.176 e. The number of carbonyl (C=O) groups excluding carboxylic acids is 1. The molecule has 0 saturated heterocycles. The van der Waals surface area contributed by atoms with Crippen molar-refractivity contribution in [1.82, 2.24) is 30.2 Å². The second-order valence-electron chi connectivity index (χ2n) is 6.77. The van der Waals surface area contributed by atoms with Gasteiger partial charge in [0, 0.05) is 24.1 Å². The van der Waals surface area contributed by atoms with Crippen LogP contribution in [0.25, 0.3) is 11.5 Å². The summed E-state index contributed by atoms with van der Waals surface area (Å²) in [5, 5.41) is 9.12. The lowest BCUT2D eigenvalue weighted by atomic mass is 9.92. The van der Waals surface area contributed by atoms with Crippen LogP contribution in [0.5, 0.6) is 0 Å². The number of aryl methyl sites for hydroxylation is 1. The number of nitrogens with zero attached hydrogens (tertiary/aromatic N) is 3. The molecule has 3 N–H and O–H groups in total. The Morgan fingerprint density at radius 1 is 1.08 bits per heavy atom. The first-order chi connectivity index (χ1) is 12.8. The number of fused-ring (bicyclic) bond motifs is 4. The van der Waals surface area contributed by atoms with Crippen LogP contribution in [0.2, 0.25) is 0 Å². The summed E-state index contributed by atoms with van der Waals surface area (Å²) < 4.78 is 0. The van der Waals surface area contributed by atoms with Crippen molar-refractivity contribution in [3.05, 3.63) is 65.4 Å². The molecule has 0 radical (unpaired) electrons. The molecule has 1 atom stereocenters. The Morgan fingerprint density at radius 3 is 2.88 bits per heavy atom. The summed E-state index contributed by atoms with van der Waals surface area (Å²) in [7, 11) is 0. The second-order valence-corrected chi connectivity index (χ2v) is 6.77. The van der Waals surface area contributed by atoms with E-state index in [-0.39, 0.29) is 11.7 Å². The van der Waals surface area contributed by atoms with Gasteiger partial charge >= 0.3 is 0 Å². The van der Waals surface area contributed by atoms with Crippen LogP contribution >= 0.6 is 0 Å². The van der Waals surface area contributed by atoms with Gasteiger partial charge in [-0.3, -0.25) is 4.79 Å². The highest BCUT2D eigenvalue weighted by atomic mass is 16.1. The van der Waals surface area contributed by atoms with Crippen molar-refractivity contribution in [1.29, 1.82) is 0 Å². The molecule has 7 heteroatoms. The molecule has 3 aliphatic rings. The predicted octanol–water partition coefficient (Wildman–Crippen LogP) is 2.97. The molecule has 0 aromatic carbocycles. The van der Waals surface area contributed by atoms with Crippen molar-refractivity contribution in [3.8, 4) is 5.82 Å². The second kappa shape index (κ2) is 5.94. The maximum absolute atomic E-state index is 12.7. The predicted molar refractivity (Wildman–Crippen MR) is 97.9 cm³/mol. The van der Waals surface area contributed by atoms with Crippen molar-refractivity contribution in [3.63, 3.8) is 0 Å². The smallest absolute Gasteiger partial charge is 0.176 e. The van der Waals surface area contributed by atoms with Crippen LogP contribution in [0.4, 0.5) is 0 Å². The molecule has 0 saturated carbocycles. The Balaban J connectivity index is 1.71. The lowest BCUT2D eigenvalue weighted by Crippen LogP contribution is -2.17. The summed E-state index contributed by atoms with van der Waals surface area (Å²) >= 11 is 0. The Kier molecular flexibility index (Phi) is 3.44. The van der Waals surface area contributed by atoms with Gasteiger partial charge in [0.2, 0.25) is 0 Å². The molecule has 3 heterocycles. The van der Waals surface area contributed by atoms with E-state index >= 15 is 0 Å². The van der Waals surface area contributed by atoms with Gasteiger partial charge in [-0.05, 0) is 48.6 Å². The molecule has 132 valence electrons. The summed E-state index contributed by atoms with van der Waals surface area (Å²) in [6, 6.07) is 4.04. The van der Waals surface area contributed by atoms with Crippen LogP contribution in [0, 0.1) is 5.92 Å². The third kappa shape index (κ3) is 2.35. The molecule has 2 bridgehead atoms. The first-order valence-corrected chi connectivity index (χ1v) is 8.97. The third-order valence-corrected chi connectivity index (χ3v) is 5.15. The van der Waals surface area contributed by atoms with Gasteiger partial charge in [-0.25, -0.2) is 20.6 Å². The molecule has 2 aliphatic carbocycles. The molecule has 1 aliphatic heterocycles. The fraction of sp³-hybridized carbons (Fsp3) is 0.263. The number of rotatable bonds is 0. The van der Waals surface area contributed by atoms with Crippen LogP contribution in [0.1, 0.15) is 24.8 Å². The highest BCUT2D eigenvalue weighted by molar-refractivity contribution is 6.00. The fourth-order valence-electron chi connectivity index (χ4n) is 3.83. The molecular formula is C19H20N6O. The normalized spacial score (nSPS) is 21.5. The van der Waals surface area contributed by atoms with Crippen molar-refractivity contribution < 1.29 is 4.79 Å². The molecule has 0 spiro atoms. The molecule has 2 aromatic heterocycles. The summed E-state index contributed by atoms with van der Waals surface area (Å²) in [6.45, 7) is 0. The van der Waals surface area contributed by atoms with E-state index in [1.54, 1.807) is 6.20 Å². The summed E-state index contributed by atoms with van der Waals surface area (Å²) in [6.07, 6.45) is 15.4. The van der Waals surface area contributed by atoms with Gasteiger partial charge in [0.25, 0.3) is 0 Å². The Morgan fingerprint density at radius 2 is 1.92 bits per heavy atom. The van der Waals surface area contributed by atoms with Crippen LogP contribution < -0.4 is 0 Å². The minimum Gasteiger partial charge on any atom is -0.294 e. The molecule has 0 fully saturated rings. The number of hydrogen-bond donors (Lipinski definition) is 3. The topological polar surface area (TPSA) is 87.2 Å². The number of Topliss-reactive ketones (excluding diaryl/α,β-unsaturated/α-hetero) is 1. The standard InChI is InChI=1S/C19H20N6O/c26-18-6-2-1-4-14-5-3-11-20-19(14)25-23-21-22-24(25)15-9-7-13-8-10-16(18)17(13)12-15/h3,5,7-13,21-23H,1-2,4,6H2. The lowest BCUT2D eigenvalue weighted by molar-refractivity contribution is -0.115. The van der Waals surface area contributed by atoms with E-state index in [9.17, 15) is 4.79 Å². The van der Waals surface area contributed by atoms with Crippen molar-refractivity contribution >= 4 is 11.5 Å². The number of hydrogen-bond acceptors (Lipinski definition) is 2. The third-order valence-electron chi connectivity index (χ3n) is 5.15. The van der Waals surface area contributed by atoms with E-state index in [0.717, 1.165) is 47.5 Å². The Labute approximate surface area is 150 Å². The number of ketones is 1. The summed E-state index contributed by atoms with van der Waals surface area (Å²) in [5.41, 5.74) is 3.99. The van der Waals surface area contributed by atoms with Crippen LogP contribution in [-0.2, 0) is 11.2 Å². The largest absolute Gasteiger partial charge is 0.294 e. The highest BCUT2D eigenvalue weighted by Gasteiger charge is 2.25. The maximum atomic E-state index is 12.7. The van der Waals surface area contributed by atoms with Gasteiger partial charge in [-0.1, -0.05) is 24.3 Å². The molecular weight excluding hydrogens is 328 g/mol. The number of allylic oxidation sites excluding steroid dienone is 8. The SMILES string of the molecule is O=C1CCCCc2cccnc2-n2[nH][nH][nH]n2C2=CC3=C1C=CC3C=C2. The van der Waals surface area contributed by atoms with Crippen LogP contribution in [0.3, 0.4) is 0 Å².